The minimum Gasteiger partial charge on any atom is -0.480 e. The van der Waals surface area contributed by atoms with Gasteiger partial charge in [0, 0.05) is 26.1 Å². The molecule has 0 aromatic heterocycles. The van der Waals surface area contributed by atoms with Crippen molar-refractivity contribution in [3.05, 3.63) is 71.8 Å². The number of nitrogens with two attached hydrogens (primary N) is 2. The first kappa shape index (κ1) is 43.1. The molecule has 1 saturated heterocycles. The Morgan fingerprint density at radius 3 is 1.96 bits per heavy atom. The van der Waals surface area contributed by atoms with E-state index in [0.29, 0.717) is 44.7 Å². The molecule has 4 atom stereocenters. The summed E-state index contributed by atoms with van der Waals surface area (Å²) in [6, 6.07) is 16.6. The second-order valence-electron chi connectivity index (χ2n) is 15.0. The Morgan fingerprint density at radius 2 is 1.40 bits per heavy atom. The lowest BCUT2D eigenvalue weighted by atomic mass is 9.88. The van der Waals surface area contributed by atoms with Crippen LogP contribution in [0.4, 0.5) is 0 Å². The largest absolute Gasteiger partial charge is 0.480 e. The van der Waals surface area contributed by atoms with E-state index >= 15 is 0 Å². The molecule has 0 aliphatic carbocycles. The van der Waals surface area contributed by atoms with Crippen molar-refractivity contribution in [3.8, 4) is 0 Å². The Morgan fingerprint density at radius 1 is 0.811 bits per heavy atom. The van der Waals surface area contributed by atoms with Crippen LogP contribution < -0.4 is 32.7 Å². The van der Waals surface area contributed by atoms with E-state index in [0.717, 1.165) is 5.56 Å². The summed E-state index contributed by atoms with van der Waals surface area (Å²) in [7, 11) is 0. The second kappa shape index (κ2) is 21.4. The number of hydrogen-bond acceptors (Lipinski definition) is 8. The van der Waals surface area contributed by atoms with E-state index in [2.05, 4.69) is 47.2 Å². The topological polar surface area (TPSA) is 209 Å². The number of hydrogen-bond donors (Lipinski definition) is 7. The highest BCUT2D eigenvalue weighted by Gasteiger charge is 2.40. The van der Waals surface area contributed by atoms with Crippen LogP contribution in [-0.2, 0) is 30.4 Å². The zero-order valence-electron chi connectivity index (χ0n) is 31.8. The molecule has 2 aromatic rings. The number of nitrogens with one attached hydrogen (secondary N) is 4. The third-order valence-electron chi connectivity index (χ3n) is 9.91. The van der Waals surface area contributed by atoms with Crippen LogP contribution in [0.1, 0.15) is 83.3 Å². The van der Waals surface area contributed by atoms with Crippen LogP contribution in [0.25, 0.3) is 0 Å². The molecule has 1 unspecified atom stereocenters. The summed E-state index contributed by atoms with van der Waals surface area (Å²) >= 11 is 0. The fourth-order valence-corrected chi connectivity index (χ4v) is 6.64. The number of rotatable bonds is 21. The van der Waals surface area contributed by atoms with Gasteiger partial charge < -0.3 is 42.7 Å². The third-order valence-corrected chi connectivity index (χ3v) is 9.91. The molecule has 0 radical (unpaired) electrons. The first-order valence-corrected chi connectivity index (χ1v) is 18.9. The van der Waals surface area contributed by atoms with Gasteiger partial charge in [0.1, 0.15) is 23.7 Å². The molecule has 13 heteroatoms. The zero-order chi connectivity index (χ0) is 39.0. The van der Waals surface area contributed by atoms with Gasteiger partial charge in [-0.3, -0.25) is 24.0 Å². The van der Waals surface area contributed by atoms with Crippen LogP contribution in [0.5, 0.6) is 0 Å². The van der Waals surface area contributed by atoms with E-state index in [1.54, 1.807) is 4.90 Å². The van der Waals surface area contributed by atoms with Crippen molar-refractivity contribution in [2.75, 3.05) is 32.7 Å². The van der Waals surface area contributed by atoms with Gasteiger partial charge >= 0.3 is 5.97 Å². The van der Waals surface area contributed by atoms with Gasteiger partial charge in [-0.25, -0.2) is 0 Å². The molecule has 0 bridgehead atoms. The quantitative estimate of drug-likeness (QED) is 0.0938. The van der Waals surface area contributed by atoms with Crippen LogP contribution in [-0.4, -0.2) is 96.0 Å². The van der Waals surface area contributed by atoms with Crippen LogP contribution in [0, 0.1) is 11.8 Å². The van der Waals surface area contributed by atoms with Crippen molar-refractivity contribution in [1.82, 2.24) is 26.2 Å². The third kappa shape index (κ3) is 13.9. The summed E-state index contributed by atoms with van der Waals surface area (Å²) in [5.74, 6) is -2.26. The maximum absolute atomic E-state index is 14.0. The van der Waals surface area contributed by atoms with E-state index < -0.39 is 41.4 Å². The predicted molar refractivity (Wildman–Crippen MR) is 206 cm³/mol. The van der Waals surface area contributed by atoms with Crippen molar-refractivity contribution in [1.29, 1.82) is 0 Å². The highest BCUT2D eigenvalue weighted by atomic mass is 16.4. The summed E-state index contributed by atoms with van der Waals surface area (Å²) in [6.45, 7) is 9.45. The van der Waals surface area contributed by atoms with Gasteiger partial charge in [-0.05, 0) is 74.0 Å². The summed E-state index contributed by atoms with van der Waals surface area (Å²) in [5, 5.41) is 21.4. The van der Waals surface area contributed by atoms with Crippen LogP contribution in [0.15, 0.2) is 60.7 Å². The Kier molecular flexibility index (Phi) is 17.4. The lowest BCUT2D eigenvalue weighted by Crippen LogP contribution is -2.60. The number of carboxylic acid groups (broad SMARTS) is 1. The second-order valence-corrected chi connectivity index (χ2v) is 15.0. The first-order valence-electron chi connectivity index (χ1n) is 18.9. The van der Waals surface area contributed by atoms with Gasteiger partial charge in [0.05, 0.1) is 6.54 Å². The molecule has 1 aliphatic heterocycles. The van der Waals surface area contributed by atoms with Crippen LogP contribution in [0.2, 0.25) is 0 Å². The molecule has 1 heterocycles. The molecule has 1 aliphatic rings. The van der Waals surface area contributed by atoms with Gasteiger partial charge in [-0.15, -0.1) is 0 Å². The molecule has 2 aromatic carbocycles. The number of likely N-dealkylation sites (tertiary alicyclic amines) is 1. The molecule has 13 nitrogen and oxygen atoms in total. The fraction of sp³-hybridized carbons (Fsp3) is 0.575. The maximum atomic E-state index is 14.0. The van der Waals surface area contributed by atoms with Crippen LogP contribution in [0.3, 0.4) is 0 Å². The summed E-state index contributed by atoms with van der Waals surface area (Å²) in [4.78, 5) is 68.0. The average Bonchev–Trinajstić information content (AvgIpc) is 3.12. The average molecular weight is 736 g/mol. The van der Waals surface area contributed by atoms with Gasteiger partial charge in [0.2, 0.25) is 23.6 Å². The normalized spacial score (nSPS) is 16.3. The van der Waals surface area contributed by atoms with E-state index in [9.17, 15) is 29.1 Å². The number of benzene rings is 2. The first-order chi connectivity index (χ1) is 25.2. The van der Waals surface area contributed by atoms with Gasteiger partial charge in [0.25, 0.3) is 0 Å². The van der Waals surface area contributed by atoms with Gasteiger partial charge in [0.15, 0.2) is 0 Å². The maximum Gasteiger partial charge on any atom is 0.323 e. The minimum atomic E-state index is -1.40. The number of aliphatic carboxylic acids is 1. The number of carbonyl (C=O) groups is 5. The number of amides is 4. The molecule has 0 spiro atoms. The van der Waals surface area contributed by atoms with Crippen molar-refractivity contribution in [2.45, 2.75) is 102 Å². The molecule has 4 amide bonds. The van der Waals surface area contributed by atoms with Gasteiger partial charge in [-0.2, -0.15) is 0 Å². The standard InChI is InChI=1S/C40H61N7O6/c1-27(2)23-33(36(49)45-32(17-11-12-20-41)38(51)47-21-18-40(42,19-22-47)39(52)53)46-37(50)34(24-29-13-7-5-8-14-29)44-35(48)26-43-25-31(28(3)4)30-15-9-6-10-16-30/h5-10,13-16,27-28,31-34,43H,11-12,17-26,41-42H2,1-4H3,(H,44,48)(H,45,49)(H,46,50)(H,52,53)/t31-,32-,33-,34?/m1/s1. The fourth-order valence-electron chi connectivity index (χ4n) is 6.64. The van der Waals surface area contributed by atoms with Crippen molar-refractivity contribution in [3.63, 3.8) is 0 Å². The molecule has 3 rings (SSSR count). The number of carboxylic acids is 1. The lowest BCUT2D eigenvalue weighted by molar-refractivity contribution is -0.148. The Labute approximate surface area is 314 Å². The SMILES string of the molecule is CC(C)C[C@@H](NC(=O)C(Cc1ccccc1)NC(=O)CNC[C@@H](c1ccccc1)C(C)C)C(=O)N[C@H](CCCCN)C(=O)N1CCC(N)(C(=O)O)CC1. The number of piperidine rings is 1. The Balaban J connectivity index is 1.73. The molecule has 292 valence electrons. The molecule has 53 heavy (non-hydrogen) atoms. The van der Waals surface area contributed by atoms with Crippen molar-refractivity contribution < 1.29 is 29.1 Å². The van der Waals surface area contributed by atoms with E-state index in [-0.39, 0.29) is 62.5 Å². The Hall–Kier alpha value is -4.33. The van der Waals surface area contributed by atoms with Crippen molar-refractivity contribution >= 4 is 29.6 Å². The van der Waals surface area contributed by atoms with Crippen molar-refractivity contribution in [2.24, 2.45) is 23.3 Å². The molecule has 0 saturated carbocycles. The van der Waals surface area contributed by atoms with E-state index in [4.69, 9.17) is 11.5 Å². The highest BCUT2D eigenvalue weighted by molar-refractivity contribution is 5.94. The number of nitrogens with zero attached hydrogens (tertiary/aromatic N) is 1. The predicted octanol–water partition coefficient (Wildman–Crippen LogP) is 2.29. The van der Waals surface area contributed by atoms with E-state index in [1.165, 1.54) is 5.56 Å². The minimum absolute atomic E-state index is 0.00532. The van der Waals surface area contributed by atoms with Gasteiger partial charge in [-0.1, -0.05) is 88.4 Å². The summed E-state index contributed by atoms with van der Waals surface area (Å²) < 4.78 is 0. The highest BCUT2D eigenvalue weighted by Crippen LogP contribution is 2.24. The molecular weight excluding hydrogens is 674 g/mol. The Bertz CT molecular complexity index is 1460. The van der Waals surface area contributed by atoms with Crippen LogP contribution >= 0.6 is 0 Å². The smallest absolute Gasteiger partial charge is 0.323 e. The molecule has 9 N–H and O–H groups in total. The molecular formula is C40H61N7O6. The lowest BCUT2D eigenvalue weighted by Gasteiger charge is -2.38. The summed E-state index contributed by atoms with van der Waals surface area (Å²) in [6.07, 6.45) is 2.26. The van der Waals surface area contributed by atoms with E-state index in [1.807, 2.05) is 62.4 Å². The zero-order valence-corrected chi connectivity index (χ0v) is 31.8. The monoisotopic (exact) mass is 735 g/mol. The summed E-state index contributed by atoms with van der Waals surface area (Å²) in [5.41, 5.74) is 12.4. The number of carbonyl (C=O) groups excluding carboxylic acids is 4. The number of unbranched alkanes of at least 4 members (excludes halogenated alkanes) is 1. The molecule has 1 fully saturated rings.